The Hall–Kier alpha value is -2.96. The number of allylic oxidation sites excluding steroid dienone is 4. The minimum Gasteiger partial charge on any atom is -0.493 e. The fraction of sp³-hybridized carbons (Fsp3) is 0.320. The van der Waals surface area contributed by atoms with Crippen molar-refractivity contribution in [3.05, 3.63) is 70.8 Å². The molecule has 6 nitrogen and oxygen atoms in total. The topological polar surface area (TPSA) is 85.2 Å². The molecule has 0 saturated heterocycles. The van der Waals surface area contributed by atoms with Crippen LogP contribution in [0.1, 0.15) is 24.0 Å². The van der Waals surface area contributed by atoms with Crippen molar-refractivity contribution < 1.29 is 29.2 Å². The lowest BCUT2D eigenvalue weighted by Gasteiger charge is -2.18. The molecule has 0 heterocycles. The van der Waals surface area contributed by atoms with Gasteiger partial charge in [0.25, 0.3) is 0 Å². The Balaban J connectivity index is 1.64. The quantitative estimate of drug-likeness (QED) is 0.526. The van der Waals surface area contributed by atoms with Crippen molar-refractivity contribution >= 4 is 23.1 Å². The summed E-state index contributed by atoms with van der Waals surface area (Å²) in [5.41, 5.74) is 2.83. The van der Waals surface area contributed by atoms with Crippen molar-refractivity contribution in [3.8, 4) is 17.2 Å². The lowest BCUT2D eigenvalue weighted by atomic mass is 9.90. The van der Waals surface area contributed by atoms with Crippen molar-refractivity contribution in [1.82, 2.24) is 0 Å². The predicted molar refractivity (Wildman–Crippen MR) is 124 cm³/mol. The van der Waals surface area contributed by atoms with Crippen LogP contribution in [0.15, 0.2) is 54.6 Å². The maximum absolute atomic E-state index is 11.0. The second kappa shape index (κ2) is 11.1. The van der Waals surface area contributed by atoms with Gasteiger partial charge in [-0.1, -0.05) is 42.0 Å². The van der Waals surface area contributed by atoms with E-state index < -0.39 is 12.1 Å². The molecule has 32 heavy (non-hydrogen) atoms. The monoisotopic (exact) mass is 458 g/mol. The van der Waals surface area contributed by atoms with E-state index in [0.29, 0.717) is 28.7 Å². The summed E-state index contributed by atoms with van der Waals surface area (Å²) in [7, 11) is 1.55. The van der Waals surface area contributed by atoms with E-state index in [2.05, 4.69) is 0 Å². The normalized spacial score (nSPS) is 16.2. The molecule has 0 radical (unpaired) electrons. The molecule has 7 heteroatoms. The molecule has 2 unspecified atom stereocenters. The molecule has 0 bridgehead atoms. The van der Waals surface area contributed by atoms with Gasteiger partial charge in [0.15, 0.2) is 11.5 Å². The Morgan fingerprint density at radius 1 is 1.12 bits per heavy atom. The number of ether oxygens (including phenoxy) is 3. The minimum absolute atomic E-state index is 0.000179. The molecule has 0 saturated carbocycles. The molecule has 3 rings (SSSR count). The minimum atomic E-state index is -0.880. The third kappa shape index (κ3) is 6.52. The Kier molecular flexibility index (Phi) is 8.20. The maximum Gasteiger partial charge on any atom is 0.303 e. The number of hydrogen-bond acceptors (Lipinski definition) is 5. The zero-order valence-electron chi connectivity index (χ0n) is 18.1. The SMILES string of the molecule is COc1ccc(C2=CC(CC(=O)O)CC=C2)cc1OCC(O)COc1ccc(C)cc1Cl. The number of aliphatic carboxylic acids is 1. The van der Waals surface area contributed by atoms with Gasteiger partial charge in [-0.2, -0.15) is 0 Å². The predicted octanol–water partition coefficient (Wildman–Crippen LogP) is 4.91. The van der Waals surface area contributed by atoms with Gasteiger partial charge in [-0.15, -0.1) is 0 Å². The van der Waals surface area contributed by atoms with Crippen LogP contribution in [0, 0.1) is 12.8 Å². The largest absolute Gasteiger partial charge is 0.493 e. The van der Waals surface area contributed by atoms with Crippen LogP contribution in [0.4, 0.5) is 0 Å². The van der Waals surface area contributed by atoms with Crippen LogP contribution in [-0.2, 0) is 4.79 Å². The summed E-state index contributed by atoms with van der Waals surface area (Å²) in [6.45, 7) is 1.96. The molecule has 1 aliphatic carbocycles. The summed E-state index contributed by atoms with van der Waals surface area (Å²) in [5, 5.41) is 19.9. The van der Waals surface area contributed by atoms with E-state index in [1.54, 1.807) is 25.3 Å². The third-order valence-electron chi connectivity index (χ3n) is 5.04. The number of carboxylic acids is 1. The molecule has 2 aromatic carbocycles. The number of hydrogen-bond donors (Lipinski definition) is 2. The Morgan fingerprint density at radius 3 is 2.53 bits per heavy atom. The van der Waals surface area contributed by atoms with Gasteiger partial charge in [-0.3, -0.25) is 4.79 Å². The van der Waals surface area contributed by atoms with Crippen molar-refractivity contribution in [2.45, 2.75) is 25.9 Å². The number of carbonyl (C=O) groups is 1. The first-order valence-corrected chi connectivity index (χ1v) is 10.7. The van der Waals surface area contributed by atoms with Crippen molar-refractivity contribution in [1.29, 1.82) is 0 Å². The maximum atomic E-state index is 11.0. The molecule has 0 fully saturated rings. The Morgan fingerprint density at radius 2 is 1.84 bits per heavy atom. The molecule has 0 aliphatic heterocycles. The van der Waals surface area contributed by atoms with Gasteiger partial charge < -0.3 is 24.4 Å². The van der Waals surface area contributed by atoms with Gasteiger partial charge in [0, 0.05) is 0 Å². The molecular formula is C25H27ClO6. The number of aliphatic hydroxyl groups is 1. The molecule has 0 aromatic heterocycles. The molecule has 170 valence electrons. The molecule has 0 spiro atoms. The number of halogens is 1. The lowest BCUT2D eigenvalue weighted by Crippen LogP contribution is -2.25. The molecular weight excluding hydrogens is 432 g/mol. The standard InChI is InChI=1S/C25H27ClO6/c1-16-6-8-22(21(26)10-16)31-14-20(27)15-32-24-13-19(7-9-23(24)30-2)18-5-3-4-17(11-18)12-25(28)29/h3,5-11,13,17,20,27H,4,12,14-15H2,1-2H3,(H,28,29). The average Bonchev–Trinajstić information content (AvgIpc) is 2.76. The van der Waals surface area contributed by atoms with Crippen LogP contribution in [0.3, 0.4) is 0 Å². The van der Waals surface area contributed by atoms with Gasteiger partial charge in [0.2, 0.25) is 0 Å². The number of rotatable bonds is 10. The summed E-state index contributed by atoms with van der Waals surface area (Å²) in [6, 6.07) is 10.9. The van der Waals surface area contributed by atoms with Crippen LogP contribution in [0.25, 0.3) is 5.57 Å². The summed E-state index contributed by atoms with van der Waals surface area (Å²) in [5.74, 6) is 0.648. The number of aryl methyl sites for hydroxylation is 1. The van der Waals surface area contributed by atoms with Gasteiger partial charge in [-0.25, -0.2) is 0 Å². The third-order valence-corrected chi connectivity index (χ3v) is 5.33. The first kappa shape index (κ1) is 23.7. The van der Waals surface area contributed by atoms with Crippen LogP contribution in [0.2, 0.25) is 5.02 Å². The van der Waals surface area contributed by atoms with E-state index in [0.717, 1.165) is 16.7 Å². The number of carboxylic acid groups (broad SMARTS) is 1. The van der Waals surface area contributed by atoms with Crippen molar-refractivity contribution in [2.24, 2.45) is 5.92 Å². The number of methoxy groups -OCH3 is 1. The highest BCUT2D eigenvalue weighted by Crippen LogP contribution is 2.34. The van der Waals surface area contributed by atoms with E-state index >= 15 is 0 Å². The van der Waals surface area contributed by atoms with E-state index in [4.69, 9.17) is 30.9 Å². The van der Waals surface area contributed by atoms with Crippen LogP contribution < -0.4 is 14.2 Å². The highest BCUT2D eigenvalue weighted by Gasteiger charge is 2.16. The summed E-state index contributed by atoms with van der Waals surface area (Å²) in [6.07, 6.45) is 5.82. The second-order valence-corrected chi connectivity index (χ2v) is 8.10. The smallest absolute Gasteiger partial charge is 0.303 e. The van der Waals surface area contributed by atoms with Crippen molar-refractivity contribution in [3.63, 3.8) is 0 Å². The molecule has 2 atom stereocenters. The summed E-state index contributed by atoms with van der Waals surface area (Å²) in [4.78, 5) is 11.0. The fourth-order valence-corrected chi connectivity index (χ4v) is 3.71. The highest BCUT2D eigenvalue weighted by molar-refractivity contribution is 6.32. The van der Waals surface area contributed by atoms with E-state index in [-0.39, 0.29) is 25.6 Å². The average molecular weight is 459 g/mol. The molecule has 1 aliphatic rings. The van der Waals surface area contributed by atoms with E-state index in [9.17, 15) is 9.90 Å². The molecule has 0 amide bonds. The van der Waals surface area contributed by atoms with E-state index in [1.165, 1.54) is 0 Å². The highest BCUT2D eigenvalue weighted by atomic mass is 35.5. The van der Waals surface area contributed by atoms with Gasteiger partial charge in [0.05, 0.1) is 18.6 Å². The Bertz CT molecular complexity index is 1010. The summed E-state index contributed by atoms with van der Waals surface area (Å²) < 4.78 is 16.8. The van der Waals surface area contributed by atoms with Crippen LogP contribution in [0.5, 0.6) is 17.2 Å². The number of aliphatic hydroxyl groups excluding tert-OH is 1. The first-order valence-electron chi connectivity index (χ1n) is 10.3. The van der Waals surface area contributed by atoms with Gasteiger partial charge >= 0.3 is 5.97 Å². The van der Waals surface area contributed by atoms with Gasteiger partial charge in [-0.05, 0) is 60.2 Å². The Labute approximate surface area is 192 Å². The number of benzene rings is 2. The van der Waals surface area contributed by atoms with Crippen LogP contribution in [-0.4, -0.2) is 42.6 Å². The first-order chi connectivity index (χ1) is 15.4. The van der Waals surface area contributed by atoms with Gasteiger partial charge in [0.1, 0.15) is 25.1 Å². The van der Waals surface area contributed by atoms with E-state index in [1.807, 2.05) is 43.4 Å². The zero-order chi connectivity index (χ0) is 23.1. The molecule has 2 N–H and O–H groups in total. The summed E-state index contributed by atoms with van der Waals surface area (Å²) >= 11 is 6.16. The fourth-order valence-electron chi connectivity index (χ4n) is 3.42. The second-order valence-electron chi connectivity index (χ2n) is 7.69. The van der Waals surface area contributed by atoms with Crippen molar-refractivity contribution in [2.75, 3.05) is 20.3 Å². The molecule has 2 aromatic rings. The zero-order valence-corrected chi connectivity index (χ0v) is 18.8. The van der Waals surface area contributed by atoms with Crippen LogP contribution >= 0.6 is 11.6 Å². The lowest BCUT2D eigenvalue weighted by molar-refractivity contribution is -0.137.